The summed E-state index contributed by atoms with van der Waals surface area (Å²) in [7, 11) is 0. The molecule has 12 heavy (non-hydrogen) atoms. The molecule has 0 aromatic heterocycles. The molecule has 4 unspecified atom stereocenters. The molecule has 3 heterocycles. The Bertz CT molecular complexity index is 165. The van der Waals surface area contributed by atoms with E-state index in [0.717, 1.165) is 31.0 Å². The molecule has 3 aliphatic rings. The summed E-state index contributed by atoms with van der Waals surface area (Å²) >= 11 is 0. The number of fused-ring (bicyclic) bond motifs is 3. The van der Waals surface area contributed by atoms with Crippen molar-refractivity contribution in [3.8, 4) is 0 Å². The Labute approximate surface area is 72.9 Å². The first-order chi connectivity index (χ1) is 5.95. The molecule has 0 spiro atoms. The molecule has 0 bridgehead atoms. The van der Waals surface area contributed by atoms with E-state index in [0.29, 0.717) is 6.23 Å². The first kappa shape index (κ1) is 7.30. The zero-order chi connectivity index (χ0) is 7.97. The SMILES string of the molecule is C1CC2C(CNC3OCCC32)N1. The fraction of sp³-hybridized carbons (Fsp3) is 1.00. The quantitative estimate of drug-likeness (QED) is 0.531. The highest BCUT2D eigenvalue weighted by Gasteiger charge is 2.44. The lowest BCUT2D eigenvalue weighted by Crippen LogP contribution is -2.53. The van der Waals surface area contributed by atoms with E-state index < -0.39 is 0 Å². The van der Waals surface area contributed by atoms with Crippen LogP contribution in [-0.2, 0) is 4.74 Å². The summed E-state index contributed by atoms with van der Waals surface area (Å²) in [5, 5.41) is 7.02. The number of ether oxygens (including phenoxy) is 1. The summed E-state index contributed by atoms with van der Waals surface area (Å²) in [5.41, 5.74) is 0. The molecule has 0 aliphatic carbocycles. The van der Waals surface area contributed by atoms with Crippen molar-refractivity contribution in [2.75, 3.05) is 19.7 Å². The van der Waals surface area contributed by atoms with Crippen LogP contribution in [0.4, 0.5) is 0 Å². The van der Waals surface area contributed by atoms with E-state index in [1.54, 1.807) is 0 Å². The fourth-order valence-electron chi connectivity index (χ4n) is 3.02. The number of piperidine rings is 1. The maximum Gasteiger partial charge on any atom is 0.111 e. The van der Waals surface area contributed by atoms with Crippen molar-refractivity contribution in [2.24, 2.45) is 11.8 Å². The largest absolute Gasteiger partial charge is 0.363 e. The van der Waals surface area contributed by atoms with Gasteiger partial charge in [-0.15, -0.1) is 0 Å². The van der Waals surface area contributed by atoms with E-state index in [-0.39, 0.29) is 0 Å². The van der Waals surface area contributed by atoms with E-state index in [2.05, 4.69) is 10.6 Å². The van der Waals surface area contributed by atoms with E-state index in [4.69, 9.17) is 4.74 Å². The van der Waals surface area contributed by atoms with Gasteiger partial charge in [-0.1, -0.05) is 0 Å². The second-order valence-electron chi connectivity index (χ2n) is 4.17. The third-order valence-electron chi connectivity index (χ3n) is 3.63. The summed E-state index contributed by atoms with van der Waals surface area (Å²) in [6.45, 7) is 3.28. The van der Waals surface area contributed by atoms with Crippen LogP contribution in [0.2, 0.25) is 0 Å². The van der Waals surface area contributed by atoms with Crippen molar-refractivity contribution < 1.29 is 4.74 Å². The average Bonchev–Trinajstić information content (AvgIpc) is 2.71. The summed E-state index contributed by atoms with van der Waals surface area (Å²) in [6, 6.07) is 0.730. The fourth-order valence-corrected chi connectivity index (χ4v) is 3.02. The molecule has 0 aromatic carbocycles. The van der Waals surface area contributed by atoms with Gasteiger partial charge in [0.1, 0.15) is 6.23 Å². The van der Waals surface area contributed by atoms with Crippen LogP contribution in [0.1, 0.15) is 12.8 Å². The zero-order valence-electron chi connectivity index (χ0n) is 7.25. The van der Waals surface area contributed by atoms with Crippen LogP contribution < -0.4 is 10.6 Å². The van der Waals surface area contributed by atoms with Crippen LogP contribution in [0.15, 0.2) is 0 Å². The van der Waals surface area contributed by atoms with Crippen LogP contribution in [0.5, 0.6) is 0 Å². The van der Waals surface area contributed by atoms with Crippen molar-refractivity contribution in [1.82, 2.24) is 10.6 Å². The average molecular weight is 168 g/mol. The number of hydrogen-bond donors (Lipinski definition) is 2. The van der Waals surface area contributed by atoms with Crippen molar-refractivity contribution in [3.05, 3.63) is 0 Å². The first-order valence-corrected chi connectivity index (χ1v) is 5.03. The van der Waals surface area contributed by atoms with Gasteiger partial charge in [-0.3, -0.25) is 5.32 Å². The molecule has 3 fully saturated rings. The topological polar surface area (TPSA) is 33.3 Å². The monoisotopic (exact) mass is 168 g/mol. The van der Waals surface area contributed by atoms with Crippen LogP contribution in [0.3, 0.4) is 0 Å². The molecule has 3 nitrogen and oxygen atoms in total. The minimum Gasteiger partial charge on any atom is -0.363 e. The highest BCUT2D eigenvalue weighted by molar-refractivity contribution is 4.97. The van der Waals surface area contributed by atoms with Gasteiger partial charge in [0.25, 0.3) is 0 Å². The van der Waals surface area contributed by atoms with Gasteiger partial charge >= 0.3 is 0 Å². The van der Waals surface area contributed by atoms with Gasteiger partial charge in [-0.05, 0) is 25.3 Å². The molecule has 0 amide bonds. The standard InChI is InChI=1S/C9H16N2O/c1-3-10-8-5-11-9-7(6(1)8)2-4-12-9/h6-11H,1-5H2. The third kappa shape index (κ3) is 0.934. The molecule has 4 atom stereocenters. The Morgan fingerprint density at radius 1 is 1.08 bits per heavy atom. The Hall–Kier alpha value is -0.120. The minimum atomic E-state index is 0.381. The van der Waals surface area contributed by atoms with Gasteiger partial charge in [0.05, 0.1) is 0 Å². The Balaban J connectivity index is 1.81. The molecule has 0 aromatic rings. The highest BCUT2D eigenvalue weighted by Crippen LogP contribution is 2.36. The maximum absolute atomic E-state index is 5.63. The molecule has 3 aliphatic heterocycles. The van der Waals surface area contributed by atoms with Crippen molar-refractivity contribution in [2.45, 2.75) is 25.1 Å². The molecular formula is C9H16N2O. The smallest absolute Gasteiger partial charge is 0.111 e. The summed E-state index contributed by atoms with van der Waals surface area (Å²) in [4.78, 5) is 0. The van der Waals surface area contributed by atoms with Crippen molar-refractivity contribution in [3.63, 3.8) is 0 Å². The van der Waals surface area contributed by atoms with E-state index in [1.165, 1.54) is 19.4 Å². The molecule has 3 saturated heterocycles. The van der Waals surface area contributed by atoms with Gasteiger partial charge in [0.15, 0.2) is 0 Å². The van der Waals surface area contributed by atoms with Crippen molar-refractivity contribution >= 4 is 0 Å². The lowest BCUT2D eigenvalue weighted by molar-refractivity contribution is 0.0227. The lowest BCUT2D eigenvalue weighted by Gasteiger charge is -2.35. The van der Waals surface area contributed by atoms with E-state index in [1.807, 2.05) is 0 Å². The second kappa shape index (κ2) is 2.69. The summed E-state index contributed by atoms with van der Waals surface area (Å²) in [6.07, 6.45) is 3.00. The van der Waals surface area contributed by atoms with E-state index in [9.17, 15) is 0 Å². The third-order valence-corrected chi connectivity index (χ3v) is 3.63. The maximum atomic E-state index is 5.63. The zero-order valence-corrected chi connectivity index (χ0v) is 7.25. The molecule has 2 N–H and O–H groups in total. The Morgan fingerprint density at radius 2 is 2.08 bits per heavy atom. The highest BCUT2D eigenvalue weighted by atomic mass is 16.5. The van der Waals surface area contributed by atoms with E-state index >= 15 is 0 Å². The predicted molar refractivity (Wildman–Crippen MR) is 45.7 cm³/mol. The number of rotatable bonds is 0. The lowest BCUT2D eigenvalue weighted by atomic mass is 9.81. The normalized spacial score (nSPS) is 52.0. The predicted octanol–water partition coefficient (Wildman–Crippen LogP) is -0.0697. The van der Waals surface area contributed by atoms with Crippen LogP contribution >= 0.6 is 0 Å². The van der Waals surface area contributed by atoms with Gasteiger partial charge in [-0.25, -0.2) is 0 Å². The van der Waals surface area contributed by atoms with Gasteiger partial charge in [0, 0.05) is 25.1 Å². The molecule has 3 rings (SSSR count). The summed E-state index contributed by atoms with van der Waals surface area (Å²) in [5.74, 6) is 1.68. The molecular weight excluding hydrogens is 152 g/mol. The number of hydrogen-bond acceptors (Lipinski definition) is 3. The Morgan fingerprint density at radius 3 is 3.08 bits per heavy atom. The van der Waals surface area contributed by atoms with Crippen LogP contribution in [0.25, 0.3) is 0 Å². The first-order valence-electron chi connectivity index (χ1n) is 5.03. The summed E-state index contributed by atoms with van der Waals surface area (Å²) < 4.78 is 5.63. The molecule has 3 heteroatoms. The van der Waals surface area contributed by atoms with Crippen molar-refractivity contribution in [1.29, 1.82) is 0 Å². The van der Waals surface area contributed by atoms with Gasteiger partial charge in [-0.2, -0.15) is 0 Å². The molecule has 0 radical (unpaired) electrons. The van der Waals surface area contributed by atoms with Crippen LogP contribution in [0, 0.1) is 11.8 Å². The molecule has 68 valence electrons. The number of nitrogens with one attached hydrogen (secondary N) is 2. The second-order valence-corrected chi connectivity index (χ2v) is 4.17. The van der Waals surface area contributed by atoms with Crippen LogP contribution in [-0.4, -0.2) is 32.0 Å². The van der Waals surface area contributed by atoms with Gasteiger partial charge in [0.2, 0.25) is 0 Å². The Kier molecular flexibility index (Phi) is 1.63. The van der Waals surface area contributed by atoms with Gasteiger partial charge < -0.3 is 10.1 Å². The minimum absolute atomic E-state index is 0.381. The molecule has 0 saturated carbocycles.